The van der Waals surface area contributed by atoms with Crippen LogP contribution < -0.4 is 5.32 Å². The van der Waals surface area contributed by atoms with Gasteiger partial charge in [-0.1, -0.05) is 17.8 Å². The van der Waals surface area contributed by atoms with Gasteiger partial charge in [0.2, 0.25) is 11.1 Å². The van der Waals surface area contributed by atoms with E-state index >= 15 is 0 Å². The Kier molecular flexibility index (Phi) is 6.16. The number of H-pyrrole nitrogens is 1. The Labute approximate surface area is 135 Å². The lowest BCUT2D eigenvalue weighted by Crippen LogP contribution is -2.31. The first-order valence-electron chi connectivity index (χ1n) is 6.27. The largest absolute Gasteiger partial charge is 0.468 e. The Morgan fingerprint density at radius 3 is 3.09 bits per heavy atom. The summed E-state index contributed by atoms with van der Waals surface area (Å²) in [5.74, 6) is -0.0258. The minimum atomic E-state index is -0.489. The van der Waals surface area contributed by atoms with Crippen molar-refractivity contribution in [1.82, 2.24) is 20.5 Å². The number of ether oxygens (including phenoxy) is 1. The van der Waals surface area contributed by atoms with Gasteiger partial charge < -0.3 is 10.1 Å². The molecule has 7 nitrogen and oxygen atoms in total. The topological polar surface area (TPSA) is 97.0 Å². The Hall–Kier alpha value is -2.13. The minimum absolute atomic E-state index is 0.128. The SMILES string of the molecule is COC(=O)CNC(=O)CSc1n[nH]c(C=Cc2cccs2)n1. The standard InChI is InChI=1S/C13H14N4O3S2/c1-20-12(19)7-14-11(18)8-22-13-15-10(16-17-13)5-4-9-3-2-6-21-9/h2-6H,7-8H2,1H3,(H,14,18)(H,15,16,17). The number of carbonyl (C=O) groups excluding carboxylic acids is 2. The Morgan fingerprint density at radius 2 is 2.36 bits per heavy atom. The van der Waals surface area contributed by atoms with Gasteiger partial charge in [0.05, 0.1) is 12.9 Å². The van der Waals surface area contributed by atoms with Crippen LogP contribution in [0.15, 0.2) is 22.7 Å². The highest BCUT2D eigenvalue weighted by molar-refractivity contribution is 7.99. The number of thiophene rings is 1. The van der Waals surface area contributed by atoms with Crippen molar-refractivity contribution < 1.29 is 14.3 Å². The van der Waals surface area contributed by atoms with Gasteiger partial charge in [-0.15, -0.1) is 16.4 Å². The molecule has 2 rings (SSSR count). The van der Waals surface area contributed by atoms with Gasteiger partial charge in [-0.05, 0) is 23.6 Å². The van der Waals surface area contributed by atoms with Crippen LogP contribution in [0.1, 0.15) is 10.7 Å². The third-order valence-electron chi connectivity index (χ3n) is 2.42. The van der Waals surface area contributed by atoms with Crippen LogP contribution in [-0.4, -0.2) is 46.5 Å². The number of aromatic nitrogens is 3. The lowest BCUT2D eigenvalue weighted by molar-refractivity contribution is -0.140. The summed E-state index contributed by atoms with van der Waals surface area (Å²) in [6.07, 6.45) is 3.75. The zero-order chi connectivity index (χ0) is 15.8. The molecule has 0 atom stereocenters. The zero-order valence-electron chi connectivity index (χ0n) is 11.7. The molecule has 0 fully saturated rings. The second-order valence-corrected chi connectivity index (χ2v) is 5.92. The van der Waals surface area contributed by atoms with E-state index in [9.17, 15) is 9.59 Å². The fourth-order valence-corrected chi connectivity index (χ4v) is 2.62. The molecular weight excluding hydrogens is 324 g/mol. The van der Waals surface area contributed by atoms with Gasteiger partial charge >= 0.3 is 5.97 Å². The van der Waals surface area contributed by atoms with E-state index in [4.69, 9.17) is 0 Å². The molecule has 2 heterocycles. The maximum absolute atomic E-state index is 11.5. The minimum Gasteiger partial charge on any atom is -0.468 e. The van der Waals surface area contributed by atoms with Crippen molar-refractivity contribution in [2.45, 2.75) is 5.16 Å². The van der Waals surface area contributed by atoms with Crippen molar-refractivity contribution >= 4 is 47.1 Å². The molecule has 0 aliphatic rings. The van der Waals surface area contributed by atoms with E-state index < -0.39 is 5.97 Å². The highest BCUT2D eigenvalue weighted by atomic mass is 32.2. The number of thioether (sulfide) groups is 1. The van der Waals surface area contributed by atoms with Gasteiger partial charge in [-0.2, -0.15) is 0 Å². The van der Waals surface area contributed by atoms with Gasteiger partial charge in [0.15, 0.2) is 0 Å². The van der Waals surface area contributed by atoms with Gasteiger partial charge in [-0.3, -0.25) is 14.7 Å². The number of methoxy groups -OCH3 is 1. The van der Waals surface area contributed by atoms with E-state index in [1.165, 1.54) is 18.9 Å². The molecule has 2 aromatic rings. The third-order valence-corrected chi connectivity index (χ3v) is 4.11. The van der Waals surface area contributed by atoms with Gasteiger partial charge in [0.1, 0.15) is 12.4 Å². The molecule has 2 N–H and O–H groups in total. The number of carbonyl (C=O) groups is 2. The monoisotopic (exact) mass is 338 g/mol. The highest BCUT2D eigenvalue weighted by Crippen LogP contribution is 2.14. The summed E-state index contributed by atoms with van der Waals surface area (Å²) >= 11 is 2.81. The van der Waals surface area contributed by atoms with Gasteiger partial charge in [-0.25, -0.2) is 4.98 Å². The van der Waals surface area contributed by atoms with Crippen LogP contribution in [-0.2, 0) is 14.3 Å². The molecule has 9 heteroatoms. The third kappa shape index (κ3) is 5.34. The molecule has 0 aliphatic heterocycles. The maximum Gasteiger partial charge on any atom is 0.325 e. The molecule has 0 saturated heterocycles. The molecule has 1 amide bonds. The Balaban J connectivity index is 1.77. The second-order valence-electron chi connectivity index (χ2n) is 3.99. The van der Waals surface area contributed by atoms with Crippen LogP contribution in [0.4, 0.5) is 0 Å². The second kappa shape index (κ2) is 8.35. The van der Waals surface area contributed by atoms with Crippen LogP contribution in [0.3, 0.4) is 0 Å². The normalized spacial score (nSPS) is 10.8. The highest BCUT2D eigenvalue weighted by Gasteiger charge is 2.08. The summed E-state index contributed by atoms with van der Waals surface area (Å²) in [7, 11) is 1.27. The van der Waals surface area contributed by atoms with Crippen LogP contribution in [0.25, 0.3) is 12.2 Å². The summed E-state index contributed by atoms with van der Waals surface area (Å²) in [5, 5.41) is 11.7. The molecule has 0 spiro atoms. The molecule has 0 bridgehead atoms. The van der Waals surface area contributed by atoms with E-state index in [-0.39, 0.29) is 18.2 Å². The summed E-state index contributed by atoms with van der Waals surface area (Å²) in [5.41, 5.74) is 0. The summed E-state index contributed by atoms with van der Waals surface area (Å²) in [4.78, 5) is 27.7. The molecule has 0 aliphatic carbocycles. The Morgan fingerprint density at radius 1 is 1.50 bits per heavy atom. The van der Waals surface area contributed by atoms with E-state index in [1.54, 1.807) is 11.3 Å². The predicted molar refractivity (Wildman–Crippen MR) is 85.4 cm³/mol. The van der Waals surface area contributed by atoms with E-state index in [1.807, 2.05) is 29.7 Å². The number of rotatable bonds is 7. The van der Waals surface area contributed by atoms with Gasteiger partial charge in [0, 0.05) is 4.88 Å². The molecule has 0 radical (unpaired) electrons. The lowest BCUT2D eigenvalue weighted by atomic mass is 10.4. The Bertz CT molecular complexity index is 652. The summed E-state index contributed by atoms with van der Waals surface area (Å²) in [6, 6.07) is 3.97. The lowest BCUT2D eigenvalue weighted by Gasteiger charge is -2.01. The summed E-state index contributed by atoms with van der Waals surface area (Å²) < 4.78 is 4.43. The number of aromatic amines is 1. The van der Waals surface area contributed by atoms with Crippen LogP contribution in [0, 0.1) is 0 Å². The molecule has 0 saturated carbocycles. The van der Waals surface area contributed by atoms with E-state index in [2.05, 4.69) is 25.2 Å². The molecule has 22 heavy (non-hydrogen) atoms. The van der Waals surface area contributed by atoms with E-state index in [0.29, 0.717) is 11.0 Å². The smallest absolute Gasteiger partial charge is 0.325 e. The van der Waals surface area contributed by atoms with Crippen LogP contribution in [0.2, 0.25) is 0 Å². The van der Waals surface area contributed by atoms with Crippen LogP contribution in [0.5, 0.6) is 0 Å². The first-order valence-corrected chi connectivity index (χ1v) is 8.14. The van der Waals surface area contributed by atoms with Crippen molar-refractivity contribution in [3.8, 4) is 0 Å². The molecule has 2 aromatic heterocycles. The maximum atomic E-state index is 11.5. The van der Waals surface area contributed by atoms with Crippen molar-refractivity contribution in [2.75, 3.05) is 19.4 Å². The van der Waals surface area contributed by atoms with Crippen molar-refractivity contribution in [2.24, 2.45) is 0 Å². The zero-order valence-corrected chi connectivity index (χ0v) is 13.4. The number of nitrogens with zero attached hydrogens (tertiary/aromatic N) is 2. The van der Waals surface area contributed by atoms with Crippen molar-refractivity contribution in [3.63, 3.8) is 0 Å². The van der Waals surface area contributed by atoms with Crippen molar-refractivity contribution in [3.05, 3.63) is 28.2 Å². The fourth-order valence-electron chi connectivity index (χ4n) is 1.37. The number of hydrogen-bond acceptors (Lipinski definition) is 7. The molecule has 0 aromatic carbocycles. The average Bonchev–Trinajstić information content (AvgIpc) is 3.19. The van der Waals surface area contributed by atoms with Gasteiger partial charge in [0.25, 0.3) is 0 Å². The fraction of sp³-hybridized carbons (Fsp3) is 0.231. The summed E-state index contributed by atoms with van der Waals surface area (Å²) in [6.45, 7) is -0.140. The first kappa shape index (κ1) is 16.2. The number of amides is 1. The quantitative estimate of drug-likeness (QED) is 0.585. The number of esters is 1. The number of hydrogen-bond donors (Lipinski definition) is 2. The molecule has 116 valence electrons. The predicted octanol–water partition coefficient (Wildman–Crippen LogP) is 1.42. The average molecular weight is 338 g/mol. The van der Waals surface area contributed by atoms with E-state index in [0.717, 1.165) is 4.88 Å². The number of nitrogens with one attached hydrogen (secondary N) is 2. The van der Waals surface area contributed by atoms with Crippen LogP contribution >= 0.6 is 23.1 Å². The molecular formula is C13H14N4O3S2. The van der Waals surface area contributed by atoms with Crippen molar-refractivity contribution in [1.29, 1.82) is 0 Å². The molecule has 0 unspecified atom stereocenters. The first-order chi connectivity index (χ1) is 10.7.